The minimum absolute atomic E-state index is 0.231. The maximum Gasteiger partial charge on any atom is 0.316 e. The number of amides is 2. The van der Waals surface area contributed by atoms with Crippen LogP contribution in [0.3, 0.4) is 0 Å². The number of anilines is 1. The lowest BCUT2D eigenvalue weighted by molar-refractivity contribution is -0.137. The van der Waals surface area contributed by atoms with E-state index in [1.165, 1.54) is 29.2 Å². The van der Waals surface area contributed by atoms with Crippen LogP contribution < -0.4 is 10.2 Å². The molecule has 18 heavy (non-hydrogen) atoms. The monoisotopic (exact) mass is 249 g/mol. The number of nitrogens with zero attached hydrogens (tertiary/aromatic N) is 2. The van der Waals surface area contributed by atoms with Crippen molar-refractivity contribution in [3.8, 4) is 6.07 Å². The number of likely N-dealkylation sites (N-methyl/N-ethyl adjacent to an activating group) is 1. The van der Waals surface area contributed by atoms with Crippen LogP contribution in [0.15, 0.2) is 24.3 Å². The van der Waals surface area contributed by atoms with Crippen molar-refractivity contribution < 1.29 is 14.0 Å². The van der Waals surface area contributed by atoms with E-state index in [9.17, 15) is 14.0 Å². The van der Waals surface area contributed by atoms with Crippen LogP contribution in [0.25, 0.3) is 0 Å². The van der Waals surface area contributed by atoms with Gasteiger partial charge in [-0.25, -0.2) is 4.39 Å². The van der Waals surface area contributed by atoms with Crippen molar-refractivity contribution in [2.24, 2.45) is 0 Å². The highest BCUT2D eigenvalue weighted by atomic mass is 19.1. The Morgan fingerprint density at radius 1 is 1.39 bits per heavy atom. The largest absolute Gasteiger partial charge is 0.335 e. The molecule has 6 heteroatoms. The van der Waals surface area contributed by atoms with Gasteiger partial charge in [0, 0.05) is 12.2 Å². The Hall–Kier alpha value is -2.42. The molecule has 0 aliphatic carbocycles. The van der Waals surface area contributed by atoms with Crippen LogP contribution in [0.4, 0.5) is 10.1 Å². The number of carbonyl (C=O) groups excluding carboxylic acids is 2. The molecule has 1 aromatic rings. The second-order valence-electron chi connectivity index (χ2n) is 3.37. The minimum Gasteiger partial charge on any atom is -0.335 e. The summed E-state index contributed by atoms with van der Waals surface area (Å²) in [5.74, 6) is -2.06. The smallest absolute Gasteiger partial charge is 0.316 e. The molecule has 0 aliphatic heterocycles. The van der Waals surface area contributed by atoms with E-state index in [4.69, 9.17) is 5.26 Å². The van der Waals surface area contributed by atoms with Gasteiger partial charge in [0.2, 0.25) is 0 Å². The van der Waals surface area contributed by atoms with Gasteiger partial charge in [-0.2, -0.15) is 5.26 Å². The summed E-state index contributed by atoms with van der Waals surface area (Å²) in [6.45, 7) is 1.73. The molecule has 2 amide bonds. The average molecular weight is 249 g/mol. The lowest BCUT2D eigenvalue weighted by Gasteiger charge is -2.19. The Labute approximate surface area is 104 Å². The highest BCUT2D eigenvalue weighted by Gasteiger charge is 2.21. The Morgan fingerprint density at radius 2 is 2.00 bits per heavy atom. The molecule has 0 atom stereocenters. The van der Waals surface area contributed by atoms with Gasteiger partial charge in [-0.15, -0.1) is 0 Å². The second kappa shape index (κ2) is 6.35. The van der Waals surface area contributed by atoms with Crippen molar-refractivity contribution in [2.75, 3.05) is 18.0 Å². The van der Waals surface area contributed by atoms with Crippen LogP contribution in [-0.4, -0.2) is 24.9 Å². The highest BCUT2D eigenvalue weighted by Crippen LogP contribution is 2.14. The summed E-state index contributed by atoms with van der Waals surface area (Å²) in [7, 11) is 0. The number of benzene rings is 1. The van der Waals surface area contributed by atoms with Crippen molar-refractivity contribution in [2.45, 2.75) is 6.92 Å². The van der Waals surface area contributed by atoms with Gasteiger partial charge in [0.25, 0.3) is 0 Å². The average Bonchev–Trinajstić information content (AvgIpc) is 2.38. The Bertz CT molecular complexity index is 479. The number of rotatable bonds is 3. The third kappa shape index (κ3) is 3.28. The molecule has 0 saturated carbocycles. The first-order valence-corrected chi connectivity index (χ1v) is 5.32. The van der Waals surface area contributed by atoms with Crippen LogP contribution in [0.5, 0.6) is 0 Å². The normalized spacial score (nSPS) is 9.39. The van der Waals surface area contributed by atoms with E-state index in [-0.39, 0.29) is 13.1 Å². The van der Waals surface area contributed by atoms with E-state index in [1.807, 2.05) is 0 Å². The molecule has 0 unspecified atom stereocenters. The molecule has 5 nitrogen and oxygen atoms in total. The number of halogens is 1. The van der Waals surface area contributed by atoms with Gasteiger partial charge in [0.1, 0.15) is 12.4 Å². The van der Waals surface area contributed by atoms with Gasteiger partial charge in [-0.3, -0.25) is 9.59 Å². The number of nitrogens with one attached hydrogen (secondary N) is 1. The van der Waals surface area contributed by atoms with Crippen molar-refractivity contribution in [1.82, 2.24) is 5.32 Å². The van der Waals surface area contributed by atoms with E-state index < -0.39 is 17.6 Å². The fourth-order valence-corrected chi connectivity index (χ4v) is 1.38. The molecular formula is C12H12FN3O2. The zero-order valence-electron chi connectivity index (χ0n) is 9.81. The van der Waals surface area contributed by atoms with Crippen molar-refractivity contribution in [1.29, 1.82) is 5.26 Å². The molecule has 0 heterocycles. The molecule has 1 N–H and O–H groups in total. The minimum atomic E-state index is -0.859. The topological polar surface area (TPSA) is 73.2 Å². The molecule has 0 saturated heterocycles. The molecule has 94 valence electrons. The van der Waals surface area contributed by atoms with Crippen LogP contribution in [0.2, 0.25) is 0 Å². The first-order chi connectivity index (χ1) is 8.60. The Balaban J connectivity index is 2.83. The standard InChI is InChI=1S/C12H12FN3O2/c1-2-16(10-5-3-9(13)4-6-10)12(18)11(17)15-8-7-14/h3-6H,2,8H2,1H3,(H,15,17). The van der Waals surface area contributed by atoms with Gasteiger partial charge in [-0.1, -0.05) is 0 Å². The quantitative estimate of drug-likeness (QED) is 0.636. The van der Waals surface area contributed by atoms with Crippen LogP contribution in [0, 0.1) is 17.1 Å². The summed E-state index contributed by atoms with van der Waals surface area (Å²) in [5.41, 5.74) is 0.427. The summed E-state index contributed by atoms with van der Waals surface area (Å²) in [6.07, 6.45) is 0. The molecule has 0 radical (unpaired) electrons. The predicted octanol–water partition coefficient (Wildman–Crippen LogP) is 0.818. The maximum absolute atomic E-state index is 12.8. The number of hydrogen-bond acceptors (Lipinski definition) is 3. The Kier molecular flexibility index (Phi) is 4.81. The van der Waals surface area contributed by atoms with Crippen LogP contribution in [-0.2, 0) is 9.59 Å². The fraction of sp³-hybridized carbons (Fsp3) is 0.250. The SMILES string of the molecule is CCN(C(=O)C(=O)NCC#N)c1ccc(F)cc1. The number of hydrogen-bond donors (Lipinski definition) is 1. The third-order valence-corrected chi connectivity index (χ3v) is 2.22. The molecule has 0 fully saturated rings. The van der Waals surface area contributed by atoms with Crippen LogP contribution >= 0.6 is 0 Å². The highest BCUT2D eigenvalue weighted by molar-refractivity contribution is 6.40. The third-order valence-electron chi connectivity index (χ3n) is 2.22. The number of nitriles is 1. The molecule has 1 rings (SSSR count). The first kappa shape index (κ1) is 13.6. The van der Waals surface area contributed by atoms with E-state index in [2.05, 4.69) is 5.32 Å². The summed E-state index contributed by atoms with van der Waals surface area (Å²) in [6, 6.07) is 6.94. The fourth-order valence-electron chi connectivity index (χ4n) is 1.38. The van der Waals surface area contributed by atoms with E-state index in [0.717, 1.165) is 0 Å². The van der Waals surface area contributed by atoms with E-state index in [1.54, 1.807) is 13.0 Å². The molecule has 0 bridgehead atoms. The summed E-state index contributed by atoms with van der Waals surface area (Å²) >= 11 is 0. The van der Waals surface area contributed by atoms with Crippen molar-refractivity contribution >= 4 is 17.5 Å². The lowest BCUT2D eigenvalue weighted by atomic mass is 10.2. The molecular weight excluding hydrogens is 237 g/mol. The van der Waals surface area contributed by atoms with Gasteiger partial charge in [-0.05, 0) is 31.2 Å². The zero-order chi connectivity index (χ0) is 13.5. The number of carbonyl (C=O) groups is 2. The Morgan fingerprint density at radius 3 is 2.50 bits per heavy atom. The first-order valence-electron chi connectivity index (χ1n) is 5.32. The predicted molar refractivity (Wildman–Crippen MR) is 63.0 cm³/mol. The molecule has 0 aromatic heterocycles. The van der Waals surface area contributed by atoms with E-state index >= 15 is 0 Å². The zero-order valence-corrected chi connectivity index (χ0v) is 9.81. The molecule has 0 spiro atoms. The lowest BCUT2D eigenvalue weighted by Crippen LogP contribution is -2.43. The van der Waals surface area contributed by atoms with E-state index in [0.29, 0.717) is 5.69 Å². The summed E-state index contributed by atoms with van der Waals surface area (Å²) in [5, 5.41) is 10.5. The summed E-state index contributed by atoms with van der Waals surface area (Å²) < 4.78 is 12.8. The summed E-state index contributed by atoms with van der Waals surface area (Å²) in [4.78, 5) is 24.4. The maximum atomic E-state index is 12.8. The molecule has 1 aromatic carbocycles. The van der Waals surface area contributed by atoms with Gasteiger partial charge in [0.15, 0.2) is 0 Å². The van der Waals surface area contributed by atoms with Crippen LogP contribution in [0.1, 0.15) is 6.92 Å². The van der Waals surface area contributed by atoms with Gasteiger partial charge < -0.3 is 10.2 Å². The van der Waals surface area contributed by atoms with Crippen molar-refractivity contribution in [3.05, 3.63) is 30.1 Å². The van der Waals surface area contributed by atoms with Gasteiger partial charge >= 0.3 is 11.8 Å². The molecule has 0 aliphatic rings. The second-order valence-corrected chi connectivity index (χ2v) is 3.37. The van der Waals surface area contributed by atoms with Gasteiger partial charge in [0.05, 0.1) is 6.07 Å². The van der Waals surface area contributed by atoms with Crippen molar-refractivity contribution in [3.63, 3.8) is 0 Å².